The number of ether oxygens (including phenoxy) is 5. The molecule has 15 heteroatoms. The summed E-state index contributed by atoms with van der Waals surface area (Å²) < 4.78 is 26.9. The summed E-state index contributed by atoms with van der Waals surface area (Å²) in [5.41, 5.74) is 0. The summed E-state index contributed by atoms with van der Waals surface area (Å²) in [5, 5.41) is 101. The minimum Gasteiger partial charge on any atom is -0.394 e. The predicted octanol–water partition coefficient (Wildman–Crippen LogP) is -6.89. The molecule has 13 atom stereocenters. The van der Waals surface area contributed by atoms with E-state index in [1.165, 1.54) is 0 Å². The molecule has 0 aliphatic carbocycles. The maximum absolute atomic E-state index is 10.6. The topological polar surface area (TPSA) is 248 Å². The molecule has 0 amide bonds. The molecule has 33 heavy (non-hydrogen) atoms. The number of hydrogen-bond donors (Lipinski definition) is 10. The maximum atomic E-state index is 10.6. The van der Waals surface area contributed by atoms with Crippen molar-refractivity contribution in [2.45, 2.75) is 79.2 Å². The first-order chi connectivity index (χ1) is 15.5. The molecule has 3 heterocycles. The molecule has 10 N–H and O–H groups in total. The minimum absolute atomic E-state index is 0.470. The van der Waals surface area contributed by atoms with E-state index in [4.69, 9.17) is 23.7 Å². The van der Waals surface area contributed by atoms with E-state index >= 15 is 0 Å². The first-order valence-electron chi connectivity index (χ1n) is 10.4. The number of fused-ring (bicyclic) bond motifs is 2. The standard InChI is InChI=1S/C18H32O15/c19-1-8-13(25)16(28)18(32-8)5-30-3-7(21)11(23)10(22)6(20)2-29-4-9-12(24)14(26)15(27)17(31-9)33-18/h6-17,19-28H,1-5H2/t6?,7?,8-,9-,10?,11?,12-,13-,14+,15-,16+,17-,18+/m1/s1. The second-order valence-electron chi connectivity index (χ2n) is 8.39. The second kappa shape index (κ2) is 11.0. The van der Waals surface area contributed by atoms with Crippen molar-refractivity contribution in [3.05, 3.63) is 0 Å². The lowest BCUT2D eigenvalue weighted by Gasteiger charge is -2.44. The molecule has 3 saturated heterocycles. The van der Waals surface area contributed by atoms with E-state index in [0.29, 0.717) is 0 Å². The van der Waals surface area contributed by atoms with E-state index in [2.05, 4.69) is 0 Å². The molecule has 194 valence electrons. The first-order valence-corrected chi connectivity index (χ1v) is 10.4. The van der Waals surface area contributed by atoms with Crippen LogP contribution in [0.5, 0.6) is 0 Å². The van der Waals surface area contributed by atoms with Gasteiger partial charge in [-0.25, -0.2) is 0 Å². The summed E-state index contributed by atoms with van der Waals surface area (Å²) >= 11 is 0. The van der Waals surface area contributed by atoms with Crippen LogP contribution in [0.25, 0.3) is 0 Å². The van der Waals surface area contributed by atoms with Crippen molar-refractivity contribution in [1.82, 2.24) is 0 Å². The van der Waals surface area contributed by atoms with Gasteiger partial charge in [-0.1, -0.05) is 0 Å². The molecule has 3 fully saturated rings. The number of aliphatic hydroxyl groups excluding tert-OH is 10. The molecule has 3 rings (SSSR count). The van der Waals surface area contributed by atoms with Crippen molar-refractivity contribution < 1.29 is 74.7 Å². The summed E-state index contributed by atoms with van der Waals surface area (Å²) in [6.07, 6.45) is -20.4. The van der Waals surface area contributed by atoms with Gasteiger partial charge >= 0.3 is 0 Å². The summed E-state index contributed by atoms with van der Waals surface area (Å²) in [6, 6.07) is 0. The van der Waals surface area contributed by atoms with Gasteiger partial charge in [-0.3, -0.25) is 0 Å². The molecule has 15 nitrogen and oxygen atoms in total. The molecule has 0 saturated carbocycles. The average molecular weight is 488 g/mol. The predicted molar refractivity (Wildman–Crippen MR) is 100 cm³/mol. The van der Waals surface area contributed by atoms with Gasteiger partial charge in [-0.15, -0.1) is 0 Å². The zero-order chi connectivity index (χ0) is 24.5. The Labute approximate surface area is 187 Å². The van der Waals surface area contributed by atoms with Crippen molar-refractivity contribution in [1.29, 1.82) is 0 Å². The SMILES string of the molecule is OC[C@H]1O[C@]2(COCC(O)C(O)C(O)C(O)COC[C@H]3O[C@H](O2)[C@H](O)[C@@H](O)[C@@H]3O)[C@@H](O)[C@@H]1O. The highest BCUT2D eigenvalue weighted by molar-refractivity contribution is 4.99. The summed E-state index contributed by atoms with van der Waals surface area (Å²) in [7, 11) is 0. The zero-order valence-corrected chi connectivity index (χ0v) is 17.5. The Hall–Kier alpha value is -0.600. The van der Waals surface area contributed by atoms with Crippen LogP contribution in [0.2, 0.25) is 0 Å². The van der Waals surface area contributed by atoms with Gasteiger partial charge in [-0.05, 0) is 0 Å². The van der Waals surface area contributed by atoms with Gasteiger partial charge in [0, 0.05) is 0 Å². The van der Waals surface area contributed by atoms with E-state index in [1.807, 2.05) is 0 Å². The minimum atomic E-state index is -2.28. The number of aliphatic hydroxyl groups is 10. The van der Waals surface area contributed by atoms with Gasteiger partial charge < -0.3 is 74.7 Å². The quantitative estimate of drug-likeness (QED) is 0.165. The summed E-state index contributed by atoms with van der Waals surface area (Å²) in [6.45, 7) is -3.16. The highest BCUT2D eigenvalue weighted by atomic mass is 16.8. The van der Waals surface area contributed by atoms with E-state index in [-0.39, 0.29) is 0 Å². The van der Waals surface area contributed by atoms with Crippen molar-refractivity contribution in [2.75, 3.05) is 33.0 Å². The highest BCUT2D eigenvalue weighted by Gasteiger charge is 2.59. The number of hydrogen-bond acceptors (Lipinski definition) is 15. The van der Waals surface area contributed by atoms with Crippen LogP contribution in [0.1, 0.15) is 0 Å². The van der Waals surface area contributed by atoms with Crippen LogP contribution >= 0.6 is 0 Å². The fraction of sp³-hybridized carbons (Fsp3) is 1.00. The van der Waals surface area contributed by atoms with Crippen LogP contribution < -0.4 is 0 Å². The summed E-state index contributed by atoms with van der Waals surface area (Å²) in [5.74, 6) is -2.28. The largest absolute Gasteiger partial charge is 0.394 e. The van der Waals surface area contributed by atoms with Crippen LogP contribution in [0.15, 0.2) is 0 Å². The van der Waals surface area contributed by atoms with Crippen LogP contribution in [0.4, 0.5) is 0 Å². The lowest BCUT2D eigenvalue weighted by molar-refractivity contribution is -0.386. The Kier molecular flexibility index (Phi) is 8.99. The smallest absolute Gasteiger partial charge is 0.224 e. The van der Waals surface area contributed by atoms with Crippen LogP contribution in [-0.4, -0.2) is 163 Å². The van der Waals surface area contributed by atoms with Crippen LogP contribution in [0, 0.1) is 0 Å². The lowest BCUT2D eigenvalue weighted by atomic mass is 9.99. The molecule has 0 aromatic carbocycles. The van der Waals surface area contributed by atoms with Crippen LogP contribution in [0.3, 0.4) is 0 Å². The molecule has 0 aromatic rings. The molecular weight excluding hydrogens is 456 g/mol. The van der Waals surface area contributed by atoms with Crippen molar-refractivity contribution in [3.8, 4) is 0 Å². The summed E-state index contributed by atoms with van der Waals surface area (Å²) in [4.78, 5) is 0. The molecule has 4 unspecified atom stereocenters. The third-order valence-electron chi connectivity index (χ3n) is 5.97. The fourth-order valence-electron chi connectivity index (χ4n) is 3.88. The van der Waals surface area contributed by atoms with Crippen molar-refractivity contribution >= 4 is 0 Å². The number of rotatable bonds is 1. The third kappa shape index (κ3) is 5.48. The monoisotopic (exact) mass is 488 g/mol. The Morgan fingerprint density at radius 3 is 1.82 bits per heavy atom. The van der Waals surface area contributed by atoms with E-state index in [9.17, 15) is 51.1 Å². The molecule has 3 aliphatic heterocycles. The first kappa shape index (κ1) is 27.0. The third-order valence-corrected chi connectivity index (χ3v) is 5.97. The lowest BCUT2D eigenvalue weighted by Crippen LogP contribution is -2.63. The maximum Gasteiger partial charge on any atom is 0.224 e. The van der Waals surface area contributed by atoms with E-state index < -0.39 is 112 Å². The molecule has 3 aliphatic rings. The van der Waals surface area contributed by atoms with Gasteiger partial charge in [0.25, 0.3) is 0 Å². The molecular formula is C18H32O15. The normalized spacial score (nSPS) is 52.9. The van der Waals surface area contributed by atoms with E-state index in [0.717, 1.165) is 0 Å². The van der Waals surface area contributed by atoms with Gasteiger partial charge in [0.1, 0.15) is 73.8 Å². The van der Waals surface area contributed by atoms with Gasteiger partial charge in [-0.2, -0.15) is 0 Å². The Morgan fingerprint density at radius 2 is 1.24 bits per heavy atom. The van der Waals surface area contributed by atoms with E-state index in [1.54, 1.807) is 0 Å². The molecule has 0 radical (unpaired) electrons. The highest BCUT2D eigenvalue weighted by Crippen LogP contribution is 2.36. The average Bonchev–Trinajstić information content (AvgIpc) is 3.03. The van der Waals surface area contributed by atoms with Gasteiger partial charge in [0.15, 0.2) is 6.29 Å². The Morgan fingerprint density at radius 1 is 0.636 bits per heavy atom. The Bertz CT molecular complexity index is 626. The zero-order valence-electron chi connectivity index (χ0n) is 17.5. The Balaban J connectivity index is 1.89. The molecule has 1 spiro atoms. The fourth-order valence-corrected chi connectivity index (χ4v) is 3.88. The van der Waals surface area contributed by atoms with Crippen molar-refractivity contribution in [2.24, 2.45) is 0 Å². The van der Waals surface area contributed by atoms with Crippen LogP contribution in [-0.2, 0) is 23.7 Å². The molecule has 0 aromatic heterocycles. The van der Waals surface area contributed by atoms with Crippen molar-refractivity contribution in [3.63, 3.8) is 0 Å². The van der Waals surface area contributed by atoms with Gasteiger partial charge in [0.05, 0.1) is 26.4 Å². The second-order valence-corrected chi connectivity index (χ2v) is 8.39. The van der Waals surface area contributed by atoms with Gasteiger partial charge in [0.2, 0.25) is 5.79 Å². The molecule has 2 bridgehead atoms.